The molecule has 2 N–H and O–H groups in total. The number of rotatable bonds is 4. The van der Waals surface area contributed by atoms with E-state index in [1.165, 1.54) is 0 Å². The fourth-order valence-corrected chi connectivity index (χ4v) is 3.74. The Morgan fingerprint density at radius 3 is 2.00 bits per heavy atom. The van der Waals surface area contributed by atoms with Gasteiger partial charge in [-0.2, -0.15) is 0 Å². The van der Waals surface area contributed by atoms with Crippen molar-refractivity contribution in [1.29, 1.82) is 0 Å². The minimum absolute atomic E-state index is 0.375. The summed E-state index contributed by atoms with van der Waals surface area (Å²) in [5.41, 5.74) is 4.88. The summed E-state index contributed by atoms with van der Waals surface area (Å²) >= 11 is 0. The minimum Gasteiger partial charge on any atom is -0.297 e. The average Bonchev–Trinajstić information content (AvgIpc) is 3.53. The minimum atomic E-state index is -0.806. The van der Waals surface area contributed by atoms with Gasteiger partial charge in [0.15, 0.2) is 11.4 Å². The van der Waals surface area contributed by atoms with E-state index in [9.17, 15) is 9.59 Å². The van der Waals surface area contributed by atoms with Gasteiger partial charge in [0.2, 0.25) is 0 Å². The number of nitrogens with zero attached hydrogens (tertiary/aromatic N) is 6. The lowest BCUT2D eigenvalue weighted by atomic mass is 9.99. The number of oxime groups is 2. The van der Waals surface area contributed by atoms with E-state index < -0.39 is 12.2 Å². The Morgan fingerprint density at radius 2 is 1.40 bits per heavy atom. The van der Waals surface area contributed by atoms with Gasteiger partial charge in [0, 0.05) is 11.4 Å². The second kappa shape index (κ2) is 9.70. The molecule has 2 heterocycles. The average molecular weight is 480 g/mol. The number of carbonyl (C=O) groups excluding carboxylic acids is 2. The summed E-state index contributed by atoms with van der Waals surface area (Å²) in [5.74, 6) is 0. The molecular formula is C21H20N8O6. The number of nitrogens with one attached hydrogen (secondary N) is 2. The van der Waals surface area contributed by atoms with E-state index in [0.29, 0.717) is 58.4 Å². The molecule has 0 saturated heterocycles. The lowest BCUT2D eigenvalue weighted by Crippen LogP contribution is -2.17. The van der Waals surface area contributed by atoms with Crippen LogP contribution in [0.2, 0.25) is 0 Å². The molecule has 14 heteroatoms. The van der Waals surface area contributed by atoms with E-state index >= 15 is 0 Å². The van der Waals surface area contributed by atoms with Crippen LogP contribution in [0.3, 0.4) is 0 Å². The number of hydrogen-bond acceptors (Lipinski definition) is 12. The van der Waals surface area contributed by atoms with Gasteiger partial charge in [-0.25, -0.2) is 18.8 Å². The molecule has 0 aliphatic heterocycles. The maximum atomic E-state index is 12.3. The van der Waals surface area contributed by atoms with E-state index in [1.807, 2.05) is 0 Å². The quantitative estimate of drug-likeness (QED) is 0.415. The first-order valence-electron chi connectivity index (χ1n) is 10.9. The Bertz CT molecular complexity index is 1330. The molecule has 0 radical (unpaired) electrons. The van der Waals surface area contributed by atoms with Crippen molar-refractivity contribution < 1.29 is 28.5 Å². The monoisotopic (exact) mass is 480 g/mol. The standard InChI is InChI=1S/C21H20N8O6/c1-11-8-9-12(22-20(30)32-24-13-4-2-6-15-18(13)28-34-26-15)10-17(11)23-21(31)33-25-14-5-3-7-16-19(14)29-35-27-16/h8-10H,2-7H2,1H3,(H,22,30)(H,23,31). The van der Waals surface area contributed by atoms with Crippen LogP contribution in [0.1, 0.15) is 54.0 Å². The lowest BCUT2D eigenvalue weighted by Gasteiger charge is -2.11. The zero-order valence-electron chi connectivity index (χ0n) is 18.6. The van der Waals surface area contributed by atoms with E-state index in [2.05, 4.69) is 41.6 Å². The summed E-state index contributed by atoms with van der Waals surface area (Å²) < 4.78 is 9.44. The van der Waals surface area contributed by atoms with Crippen LogP contribution in [0.5, 0.6) is 0 Å². The first-order chi connectivity index (χ1) is 17.1. The van der Waals surface area contributed by atoms with Crippen molar-refractivity contribution in [2.24, 2.45) is 10.3 Å². The van der Waals surface area contributed by atoms with Crippen LogP contribution < -0.4 is 10.6 Å². The summed E-state index contributed by atoms with van der Waals surface area (Å²) in [4.78, 5) is 34.5. The van der Waals surface area contributed by atoms with Crippen LogP contribution in [0.15, 0.2) is 37.8 Å². The van der Waals surface area contributed by atoms with Crippen LogP contribution in [0.4, 0.5) is 21.0 Å². The molecule has 0 fully saturated rings. The van der Waals surface area contributed by atoms with Gasteiger partial charge < -0.3 is 0 Å². The largest absolute Gasteiger partial charge is 0.437 e. The Kier molecular flexibility index (Phi) is 6.15. The molecule has 2 aromatic heterocycles. The van der Waals surface area contributed by atoms with Crippen LogP contribution >= 0.6 is 0 Å². The molecule has 0 spiro atoms. The highest BCUT2D eigenvalue weighted by Gasteiger charge is 2.23. The van der Waals surface area contributed by atoms with Crippen LogP contribution in [-0.4, -0.2) is 44.2 Å². The molecule has 0 saturated carbocycles. The summed E-state index contributed by atoms with van der Waals surface area (Å²) in [5, 5.41) is 28.2. The lowest BCUT2D eigenvalue weighted by molar-refractivity contribution is 0.165. The van der Waals surface area contributed by atoms with E-state index in [-0.39, 0.29) is 0 Å². The number of aromatic nitrogens is 4. The fourth-order valence-electron chi connectivity index (χ4n) is 3.74. The Morgan fingerprint density at radius 1 is 0.829 bits per heavy atom. The zero-order valence-corrected chi connectivity index (χ0v) is 18.6. The fraction of sp³-hybridized carbons (Fsp3) is 0.333. The topological polar surface area (TPSA) is 179 Å². The molecule has 0 atom stereocenters. The van der Waals surface area contributed by atoms with Gasteiger partial charge >= 0.3 is 12.2 Å². The molecule has 0 unspecified atom stereocenters. The smallest absolute Gasteiger partial charge is 0.297 e. The molecule has 1 aromatic carbocycles. The zero-order chi connectivity index (χ0) is 24.2. The van der Waals surface area contributed by atoms with Crippen molar-refractivity contribution in [3.8, 4) is 0 Å². The molecular weight excluding hydrogens is 460 g/mol. The van der Waals surface area contributed by atoms with Crippen molar-refractivity contribution in [1.82, 2.24) is 20.6 Å². The van der Waals surface area contributed by atoms with Crippen LogP contribution in [0.25, 0.3) is 0 Å². The number of amides is 2. The molecule has 180 valence electrons. The summed E-state index contributed by atoms with van der Waals surface area (Å²) in [6, 6.07) is 4.92. The molecule has 2 amide bonds. The molecule has 5 rings (SSSR count). The van der Waals surface area contributed by atoms with Crippen molar-refractivity contribution >= 4 is 35.0 Å². The first-order valence-corrected chi connectivity index (χ1v) is 10.9. The molecule has 2 aliphatic rings. The predicted molar refractivity (Wildman–Crippen MR) is 119 cm³/mol. The number of fused-ring (bicyclic) bond motifs is 2. The highest BCUT2D eigenvalue weighted by atomic mass is 16.7. The normalized spacial score (nSPS) is 16.9. The van der Waals surface area contributed by atoms with Crippen molar-refractivity contribution in [3.63, 3.8) is 0 Å². The molecule has 14 nitrogen and oxygen atoms in total. The van der Waals surface area contributed by atoms with E-state index in [1.54, 1.807) is 25.1 Å². The third-order valence-electron chi connectivity index (χ3n) is 5.51. The predicted octanol–water partition coefficient (Wildman–Crippen LogP) is 3.34. The second-order valence-electron chi connectivity index (χ2n) is 7.94. The Hall–Kier alpha value is -4.62. The summed E-state index contributed by atoms with van der Waals surface area (Å²) in [6.45, 7) is 1.79. The number of hydrogen-bond donors (Lipinski definition) is 2. The van der Waals surface area contributed by atoms with Crippen molar-refractivity contribution in [2.45, 2.75) is 45.4 Å². The maximum Gasteiger partial charge on any atom is 0.437 e. The highest BCUT2D eigenvalue weighted by molar-refractivity contribution is 6.01. The molecule has 35 heavy (non-hydrogen) atoms. The van der Waals surface area contributed by atoms with E-state index in [0.717, 1.165) is 31.2 Å². The number of anilines is 2. The Balaban J connectivity index is 1.19. The van der Waals surface area contributed by atoms with Crippen molar-refractivity contribution in [2.75, 3.05) is 10.6 Å². The van der Waals surface area contributed by atoms with Gasteiger partial charge in [0.05, 0.1) is 0 Å². The SMILES string of the molecule is Cc1ccc(NC(=O)ON=C2CCCc3nonc32)cc1NC(=O)ON=C1CCCc2nonc21. The first kappa shape index (κ1) is 22.2. The number of carbonyl (C=O) groups is 2. The van der Waals surface area contributed by atoms with Gasteiger partial charge in [0.1, 0.15) is 22.8 Å². The van der Waals surface area contributed by atoms with Gasteiger partial charge in [-0.05, 0) is 73.5 Å². The van der Waals surface area contributed by atoms with Gasteiger partial charge in [-0.1, -0.05) is 26.7 Å². The third kappa shape index (κ3) is 5.00. The number of aryl methyl sites for hydroxylation is 3. The van der Waals surface area contributed by atoms with E-state index in [4.69, 9.17) is 18.9 Å². The van der Waals surface area contributed by atoms with Gasteiger partial charge in [0.25, 0.3) is 0 Å². The Labute approximate surface area is 197 Å². The van der Waals surface area contributed by atoms with Gasteiger partial charge in [-0.3, -0.25) is 20.3 Å². The molecule has 0 bridgehead atoms. The summed E-state index contributed by atoms with van der Waals surface area (Å²) in [6.07, 6.45) is 2.64. The highest BCUT2D eigenvalue weighted by Crippen LogP contribution is 2.22. The third-order valence-corrected chi connectivity index (χ3v) is 5.51. The number of benzene rings is 1. The van der Waals surface area contributed by atoms with Crippen LogP contribution in [0, 0.1) is 6.92 Å². The summed E-state index contributed by atoms with van der Waals surface area (Å²) in [7, 11) is 0. The van der Waals surface area contributed by atoms with Crippen LogP contribution in [-0.2, 0) is 22.5 Å². The van der Waals surface area contributed by atoms with Gasteiger partial charge in [-0.15, -0.1) is 0 Å². The molecule has 3 aromatic rings. The second-order valence-corrected chi connectivity index (χ2v) is 7.94. The molecule has 2 aliphatic carbocycles. The maximum absolute atomic E-state index is 12.3. The van der Waals surface area contributed by atoms with Crippen molar-refractivity contribution in [3.05, 3.63) is 46.5 Å².